The van der Waals surface area contributed by atoms with Crippen LogP contribution in [0.3, 0.4) is 0 Å². The van der Waals surface area contributed by atoms with E-state index in [9.17, 15) is 14.4 Å². The molecular weight excluding hydrogens is 240 g/mol. The van der Waals surface area contributed by atoms with E-state index in [0.29, 0.717) is 0 Å². The number of hydrogen-bond acceptors (Lipinski definition) is 4. The van der Waals surface area contributed by atoms with Gasteiger partial charge in [-0.05, 0) is 18.2 Å². The number of carbonyl (C=O) groups is 3. The van der Waals surface area contributed by atoms with E-state index in [1.807, 2.05) is 0 Å². The van der Waals surface area contributed by atoms with Crippen LogP contribution in [-0.4, -0.2) is 28.1 Å². The second-order valence-electron chi connectivity index (χ2n) is 3.29. The molecule has 0 bridgehead atoms. The number of anilines is 1. The Labute approximate surface area is 101 Å². The lowest BCUT2D eigenvalue weighted by atomic mass is 10.1. The Hall–Kier alpha value is -2.88. The van der Waals surface area contributed by atoms with Crippen LogP contribution >= 0.6 is 0 Å². The van der Waals surface area contributed by atoms with Gasteiger partial charge in [-0.3, -0.25) is 4.79 Å². The molecule has 0 radical (unpaired) electrons. The lowest BCUT2D eigenvalue weighted by Gasteiger charge is -2.06. The first-order chi connectivity index (χ1) is 8.43. The van der Waals surface area contributed by atoms with Crippen LogP contribution in [0.5, 0.6) is 0 Å². The minimum absolute atomic E-state index is 0.0209. The van der Waals surface area contributed by atoms with Crippen LogP contribution < -0.4 is 5.32 Å². The highest BCUT2D eigenvalue weighted by Gasteiger charge is 2.12. The van der Waals surface area contributed by atoms with Crippen molar-refractivity contribution in [2.45, 2.75) is 6.42 Å². The van der Waals surface area contributed by atoms with Gasteiger partial charge in [-0.1, -0.05) is 0 Å². The fourth-order valence-corrected chi connectivity index (χ4v) is 1.22. The SMILES string of the molecule is N#CCC(=O)Nc1cc(C(=O)O)cc(C(=O)O)c1. The van der Waals surface area contributed by atoms with Crippen molar-refractivity contribution in [3.05, 3.63) is 29.3 Å². The maximum absolute atomic E-state index is 11.1. The Morgan fingerprint density at radius 2 is 1.61 bits per heavy atom. The molecule has 0 aromatic heterocycles. The number of carboxylic acid groups (broad SMARTS) is 2. The number of hydrogen-bond donors (Lipinski definition) is 3. The number of aromatic carboxylic acids is 2. The summed E-state index contributed by atoms with van der Waals surface area (Å²) in [7, 11) is 0. The number of nitrogens with one attached hydrogen (secondary N) is 1. The predicted molar refractivity (Wildman–Crippen MR) is 59.2 cm³/mol. The van der Waals surface area contributed by atoms with E-state index in [-0.39, 0.29) is 16.8 Å². The Bertz CT molecular complexity index is 527. The van der Waals surface area contributed by atoms with Crippen molar-refractivity contribution >= 4 is 23.5 Å². The molecule has 1 aromatic rings. The Balaban J connectivity index is 3.12. The van der Waals surface area contributed by atoms with Crippen LogP contribution in [0.15, 0.2) is 18.2 Å². The van der Waals surface area contributed by atoms with Crippen LogP contribution in [0.1, 0.15) is 27.1 Å². The van der Waals surface area contributed by atoms with E-state index in [0.717, 1.165) is 18.2 Å². The van der Waals surface area contributed by atoms with Crippen LogP contribution in [0.2, 0.25) is 0 Å². The van der Waals surface area contributed by atoms with E-state index in [1.165, 1.54) is 0 Å². The van der Waals surface area contributed by atoms with Crippen molar-refractivity contribution < 1.29 is 24.6 Å². The lowest BCUT2D eigenvalue weighted by Crippen LogP contribution is -2.12. The topological polar surface area (TPSA) is 127 Å². The minimum atomic E-state index is -1.31. The molecule has 0 spiro atoms. The molecule has 3 N–H and O–H groups in total. The van der Waals surface area contributed by atoms with Crippen LogP contribution in [0.4, 0.5) is 5.69 Å². The standard InChI is InChI=1S/C11H8N2O5/c12-2-1-9(14)13-8-4-6(10(15)16)3-7(5-8)11(17)18/h3-5H,1H2,(H,13,14)(H,15,16)(H,17,18). The average molecular weight is 248 g/mol. The third kappa shape index (κ3) is 3.31. The van der Waals surface area contributed by atoms with Gasteiger partial charge in [0.15, 0.2) is 0 Å². The number of rotatable bonds is 4. The van der Waals surface area contributed by atoms with Gasteiger partial charge in [0.25, 0.3) is 0 Å². The third-order valence-electron chi connectivity index (χ3n) is 1.95. The van der Waals surface area contributed by atoms with E-state index in [4.69, 9.17) is 15.5 Å². The highest BCUT2D eigenvalue weighted by molar-refractivity contribution is 5.98. The Morgan fingerprint density at radius 1 is 1.11 bits per heavy atom. The van der Waals surface area contributed by atoms with Crippen LogP contribution in [0, 0.1) is 11.3 Å². The highest BCUT2D eigenvalue weighted by Crippen LogP contribution is 2.15. The summed E-state index contributed by atoms with van der Waals surface area (Å²) in [6.07, 6.45) is -0.403. The van der Waals surface area contributed by atoms with Gasteiger partial charge in [0, 0.05) is 5.69 Å². The first-order valence-electron chi connectivity index (χ1n) is 4.72. The molecule has 1 aromatic carbocycles. The van der Waals surface area contributed by atoms with Gasteiger partial charge in [-0.25, -0.2) is 9.59 Å². The molecule has 7 nitrogen and oxygen atoms in total. The molecule has 0 heterocycles. The molecule has 0 unspecified atom stereocenters. The molecule has 0 saturated heterocycles. The smallest absolute Gasteiger partial charge is 0.335 e. The molecular formula is C11H8N2O5. The molecule has 0 aliphatic carbocycles. The van der Waals surface area contributed by atoms with Crippen LogP contribution in [0.25, 0.3) is 0 Å². The van der Waals surface area contributed by atoms with Gasteiger partial charge in [0.2, 0.25) is 5.91 Å². The summed E-state index contributed by atoms with van der Waals surface area (Å²) in [6.45, 7) is 0. The van der Waals surface area contributed by atoms with E-state index >= 15 is 0 Å². The summed E-state index contributed by atoms with van der Waals surface area (Å²) in [6, 6.07) is 4.82. The molecule has 0 atom stereocenters. The van der Waals surface area contributed by atoms with Crippen molar-refractivity contribution in [1.82, 2.24) is 0 Å². The van der Waals surface area contributed by atoms with Gasteiger partial charge in [-0.15, -0.1) is 0 Å². The summed E-state index contributed by atoms with van der Waals surface area (Å²) in [5.74, 6) is -3.26. The average Bonchev–Trinajstić information content (AvgIpc) is 2.28. The molecule has 18 heavy (non-hydrogen) atoms. The minimum Gasteiger partial charge on any atom is -0.478 e. The van der Waals surface area contributed by atoms with Crippen molar-refractivity contribution in [3.63, 3.8) is 0 Å². The molecule has 0 aliphatic heterocycles. The number of benzene rings is 1. The first-order valence-corrected chi connectivity index (χ1v) is 4.72. The molecule has 7 heteroatoms. The summed E-state index contributed by atoms with van der Waals surface area (Å²) in [5, 5.41) is 28.1. The van der Waals surface area contributed by atoms with Crippen LogP contribution in [-0.2, 0) is 4.79 Å². The second-order valence-corrected chi connectivity index (χ2v) is 3.29. The molecule has 1 amide bonds. The zero-order valence-electron chi connectivity index (χ0n) is 9.01. The monoisotopic (exact) mass is 248 g/mol. The number of carboxylic acids is 2. The van der Waals surface area contributed by atoms with Crippen molar-refractivity contribution in [2.24, 2.45) is 0 Å². The second kappa shape index (κ2) is 5.45. The normalized spacial score (nSPS) is 9.28. The fourth-order valence-electron chi connectivity index (χ4n) is 1.22. The van der Waals surface area contributed by atoms with Gasteiger partial charge >= 0.3 is 11.9 Å². The zero-order chi connectivity index (χ0) is 13.7. The highest BCUT2D eigenvalue weighted by atomic mass is 16.4. The third-order valence-corrected chi connectivity index (χ3v) is 1.95. The number of amides is 1. The van der Waals surface area contributed by atoms with E-state index in [1.54, 1.807) is 6.07 Å². The van der Waals surface area contributed by atoms with Gasteiger partial charge in [-0.2, -0.15) is 5.26 Å². The summed E-state index contributed by atoms with van der Waals surface area (Å²) in [5.41, 5.74) is -0.503. The van der Waals surface area contributed by atoms with E-state index < -0.39 is 24.3 Å². The Morgan fingerprint density at radius 3 is 2.00 bits per heavy atom. The van der Waals surface area contributed by atoms with Crippen molar-refractivity contribution in [1.29, 1.82) is 5.26 Å². The van der Waals surface area contributed by atoms with Gasteiger partial charge in [0.05, 0.1) is 17.2 Å². The largest absolute Gasteiger partial charge is 0.478 e. The number of carbonyl (C=O) groups excluding carboxylic acids is 1. The summed E-state index contributed by atoms with van der Waals surface area (Å²) < 4.78 is 0. The molecule has 0 saturated carbocycles. The van der Waals surface area contributed by atoms with E-state index in [2.05, 4.69) is 5.32 Å². The quantitative estimate of drug-likeness (QED) is 0.727. The first kappa shape index (κ1) is 13.2. The van der Waals surface area contributed by atoms with Gasteiger partial charge < -0.3 is 15.5 Å². The predicted octanol–water partition coefficient (Wildman–Crippen LogP) is 0.935. The molecule has 92 valence electrons. The Kier molecular flexibility index (Phi) is 3.99. The molecule has 0 fully saturated rings. The lowest BCUT2D eigenvalue weighted by molar-refractivity contribution is -0.115. The fraction of sp³-hybridized carbons (Fsp3) is 0.0909. The zero-order valence-corrected chi connectivity index (χ0v) is 9.01. The maximum atomic E-state index is 11.1. The molecule has 1 rings (SSSR count). The molecule has 0 aliphatic rings. The number of nitriles is 1. The van der Waals surface area contributed by atoms with Crippen molar-refractivity contribution in [2.75, 3.05) is 5.32 Å². The summed E-state index contributed by atoms with van der Waals surface area (Å²) >= 11 is 0. The maximum Gasteiger partial charge on any atom is 0.335 e. The van der Waals surface area contributed by atoms with Crippen molar-refractivity contribution in [3.8, 4) is 6.07 Å². The van der Waals surface area contributed by atoms with Gasteiger partial charge in [0.1, 0.15) is 6.42 Å². The number of nitrogens with zero attached hydrogens (tertiary/aromatic N) is 1. The summed E-state index contributed by atoms with van der Waals surface area (Å²) in [4.78, 5) is 32.7.